The fourth-order valence-corrected chi connectivity index (χ4v) is 0.729. The first-order valence-electron chi connectivity index (χ1n) is 3.45. The van der Waals surface area contributed by atoms with Crippen LogP contribution in [0, 0.1) is 0 Å². The third-order valence-electron chi connectivity index (χ3n) is 1.35. The van der Waals surface area contributed by atoms with E-state index in [0.717, 1.165) is 0 Å². The minimum Gasteiger partial charge on any atom is -0.396 e. The van der Waals surface area contributed by atoms with Gasteiger partial charge in [0.05, 0.1) is 6.10 Å². The Morgan fingerprint density at radius 3 is 2.40 bits per heavy atom. The molecule has 0 rings (SSSR count). The first kappa shape index (κ1) is 9.84. The topological polar surface area (TPSA) is 92.5 Å². The van der Waals surface area contributed by atoms with Gasteiger partial charge in [-0.2, -0.15) is 0 Å². The number of hydrogen-bond acceptors (Lipinski definition) is 4. The maximum Gasteiger partial charge on any atom is 0.0677 e. The number of nitrogens with two attached hydrogens (primary N) is 2. The van der Waals surface area contributed by atoms with Gasteiger partial charge in [-0.3, -0.25) is 0 Å². The molecule has 0 aliphatic rings. The molecule has 0 aromatic heterocycles. The van der Waals surface area contributed by atoms with Crippen LogP contribution in [0.3, 0.4) is 0 Å². The van der Waals surface area contributed by atoms with Crippen LogP contribution in [-0.4, -0.2) is 35.5 Å². The smallest absolute Gasteiger partial charge is 0.0677 e. The molecule has 0 saturated carbocycles. The fourth-order valence-electron chi connectivity index (χ4n) is 0.729. The second-order valence-electron chi connectivity index (χ2n) is 2.40. The molecule has 0 aliphatic carbocycles. The monoisotopic (exact) mass is 148 g/mol. The average molecular weight is 148 g/mol. The second-order valence-corrected chi connectivity index (χ2v) is 2.40. The zero-order chi connectivity index (χ0) is 7.98. The van der Waals surface area contributed by atoms with Gasteiger partial charge < -0.3 is 21.7 Å². The third-order valence-corrected chi connectivity index (χ3v) is 1.35. The summed E-state index contributed by atoms with van der Waals surface area (Å²) in [6.45, 7) is 0.303. The highest BCUT2D eigenvalue weighted by Gasteiger charge is 2.07. The molecular formula is C6H16N2O2. The molecule has 4 heteroatoms. The summed E-state index contributed by atoms with van der Waals surface area (Å²) in [5.41, 5.74) is 10.6. The van der Waals surface area contributed by atoms with E-state index in [1.165, 1.54) is 0 Å². The van der Waals surface area contributed by atoms with Crippen molar-refractivity contribution < 1.29 is 10.2 Å². The molecule has 0 radical (unpaired) electrons. The maximum absolute atomic E-state index is 8.97. The summed E-state index contributed by atoms with van der Waals surface area (Å²) in [4.78, 5) is 0. The summed E-state index contributed by atoms with van der Waals surface area (Å²) in [5, 5.41) is 17.4. The zero-order valence-electron chi connectivity index (χ0n) is 6.03. The van der Waals surface area contributed by atoms with Crippen molar-refractivity contribution in [2.75, 3.05) is 13.2 Å². The molecule has 10 heavy (non-hydrogen) atoms. The summed E-state index contributed by atoms with van der Waals surface area (Å²) >= 11 is 0. The van der Waals surface area contributed by atoms with Crippen LogP contribution in [0.25, 0.3) is 0 Å². The Morgan fingerprint density at radius 2 is 2.00 bits per heavy atom. The summed E-state index contributed by atoms with van der Waals surface area (Å²) < 4.78 is 0. The number of rotatable bonds is 5. The van der Waals surface area contributed by atoms with Gasteiger partial charge in [0.25, 0.3) is 0 Å². The minimum absolute atomic E-state index is 0.0679. The lowest BCUT2D eigenvalue weighted by Crippen LogP contribution is -2.31. The molecular weight excluding hydrogens is 132 g/mol. The van der Waals surface area contributed by atoms with E-state index in [2.05, 4.69) is 0 Å². The summed E-state index contributed by atoms with van der Waals surface area (Å²) in [6, 6.07) is -0.136. The van der Waals surface area contributed by atoms with Gasteiger partial charge in [0.15, 0.2) is 0 Å². The lowest BCUT2D eigenvalue weighted by atomic mass is 10.1. The molecule has 0 fully saturated rings. The molecule has 0 saturated heterocycles. The maximum atomic E-state index is 8.97. The van der Waals surface area contributed by atoms with Crippen molar-refractivity contribution in [3.8, 4) is 0 Å². The van der Waals surface area contributed by atoms with Gasteiger partial charge in [0.2, 0.25) is 0 Å². The molecule has 0 spiro atoms. The largest absolute Gasteiger partial charge is 0.396 e. The van der Waals surface area contributed by atoms with Crippen molar-refractivity contribution in [1.29, 1.82) is 0 Å². The molecule has 0 aromatic carbocycles. The summed E-state index contributed by atoms with van der Waals surface area (Å²) in [5.74, 6) is 0. The van der Waals surface area contributed by atoms with E-state index in [0.29, 0.717) is 12.8 Å². The first-order chi connectivity index (χ1) is 4.70. The number of aliphatic hydroxyl groups is 2. The Bertz CT molecular complexity index is 80.1. The van der Waals surface area contributed by atoms with Crippen LogP contribution in [0.5, 0.6) is 0 Å². The van der Waals surface area contributed by atoms with Gasteiger partial charge >= 0.3 is 0 Å². The molecule has 2 atom stereocenters. The van der Waals surface area contributed by atoms with Crippen molar-refractivity contribution >= 4 is 0 Å². The van der Waals surface area contributed by atoms with Gasteiger partial charge in [0.1, 0.15) is 0 Å². The molecule has 4 nitrogen and oxygen atoms in total. The Labute approximate surface area is 60.8 Å². The van der Waals surface area contributed by atoms with E-state index < -0.39 is 6.10 Å². The Morgan fingerprint density at radius 1 is 1.40 bits per heavy atom. The lowest BCUT2D eigenvalue weighted by molar-refractivity contribution is 0.156. The zero-order valence-corrected chi connectivity index (χ0v) is 6.03. The van der Waals surface area contributed by atoms with Gasteiger partial charge in [0, 0.05) is 19.2 Å². The van der Waals surface area contributed by atoms with Crippen LogP contribution in [-0.2, 0) is 0 Å². The van der Waals surface area contributed by atoms with Crippen LogP contribution < -0.4 is 11.5 Å². The molecule has 0 aromatic rings. The van der Waals surface area contributed by atoms with E-state index in [-0.39, 0.29) is 19.2 Å². The normalized spacial score (nSPS) is 16.8. The van der Waals surface area contributed by atoms with Crippen LogP contribution >= 0.6 is 0 Å². The molecule has 62 valence electrons. The van der Waals surface area contributed by atoms with E-state index in [1.807, 2.05) is 0 Å². The van der Waals surface area contributed by atoms with E-state index in [1.54, 1.807) is 0 Å². The highest BCUT2D eigenvalue weighted by atomic mass is 16.3. The molecule has 6 N–H and O–H groups in total. The molecule has 0 aliphatic heterocycles. The van der Waals surface area contributed by atoms with Crippen molar-refractivity contribution in [2.45, 2.75) is 25.0 Å². The van der Waals surface area contributed by atoms with Crippen LogP contribution in [0.15, 0.2) is 0 Å². The minimum atomic E-state index is -0.526. The van der Waals surface area contributed by atoms with Gasteiger partial charge in [-0.15, -0.1) is 0 Å². The predicted octanol–water partition coefficient (Wildman–Crippen LogP) is -1.59. The predicted molar refractivity (Wildman–Crippen MR) is 39.4 cm³/mol. The van der Waals surface area contributed by atoms with Crippen molar-refractivity contribution in [2.24, 2.45) is 11.5 Å². The SMILES string of the molecule is NCC(O)CC(N)CCO. The van der Waals surface area contributed by atoms with E-state index >= 15 is 0 Å². The quantitative estimate of drug-likeness (QED) is 0.378. The van der Waals surface area contributed by atoms with Crippen LogP contribution in [0.4, 0.5) is 0 Å². The second kappa shape index (κ2) is 5.61. The van der Waals surface area contributed by atoms with Crippen molar-refractivity contribution in [3.63, 3.8) is 0 Å². The van der Waals surface area contributed by atoms with Gasteiger partial charge in [-0.25, -0.2) is 0 Å². The van der Waals surface area contributed by atoms with Crippen LogP contribution in [0.1, 0.15) is 12.8 Å². The third kappa shape index (κ3) is 4.69. The number of hydrogen-bond donors (Lipinski definition) is 4. The average Bonchev–Trinajstić information content (AvgIpc) is 1.88. The molecule has 2 unspecified atom stereocenters. The highest BCUT2D eigenvalue weighted by molar-refractivity contribution is 4.66. The standard InChI is InChI=1S/C6H16N2O2/c7-4-6(10)3-5(8)1-2-9/h5-6,9-10H,1-4,7-8H2. The highest BCUT2D eigenvalue weighted by Crippen LogP contribution is 1.97. The molecule has 0 bridgehead atoms. The van der Waals surface area contributed by atoms with Gasteiger partial charge in [-0.1, -0.05) is 0 Å². The van der Waals surface area contributed by atoms with Crippen molar-refractivity contribution in [1.82, 2.24) is 0 Å². The van der Waals surface area contributed by atoms with E-state index in [9.17, 15) is 0 Å². The van der Waals surface area contributed by atoms with Crippen LogP contribution in [0.2, 0.25) is 0 Å². The lowest BCUT2D eigenvalue weighted by Gasteiger charge is -2.13. The first-order valence-corrected chi connectivity index (χ1v) is 3.45. The molecule has 0 heterocycles. The summed E-state index contributed by atoms with van der Waals surface area (Å²) in [6.07, 6.45) is 0.468. The Kier molecular flexibility index (Phi) is 5.52. The van der Waals surface area contributed by atoms with Crippen molar-refractivity contribution in [3.05, 3.63) is 0 Å². The summed E-state index contributed by atoms with van der Waals surface area (Å²) in [7, 11) is 0. The molecule has 0 amide bonds. The van der Waals surface area contributed by atoms with Gasteiger partial charge in [-0.05, 0) is 12.8 Å². The Balaban J connectivity index is 3.27. The number of aliphatic hydroxyl groups excluding tert-OH is 2. The van der Waals surface area contributed by atoms with E-state index in [4.69, 9.17) is 21.7 Å². The Hall–Kier alpha value is -0.160. The fraction of sp³-hybridized carbons (Fsp3) is 1.00.